The molecule has 0 spiro atoms. The second-order valence-electron chi connectivity index (χ2n) is 5.65. The van der Waals surface area contributed by atoms with E-state index in [1.165, 1.54) is 0 Å². The molecule has 0 saturated carbocycles. The SMILES string of the molecule is CS(=O)(=O)OCC1CO[C@@](Cn2ccnc2)(c2ccc(Cl)cc2Cl)O1. The van der Waals surface area contributed by atoms with Crippen molar-refractivity contribution in [3.05, 3.63) is 52.5 Å². The van der Waals surface area contributed by atoms with Crippen LogP contribution in [0.5, 0.6) is 0 Å². The van der Waals surface area contributed by atoms with Crippen molar-refractivity contribution < 1.29 is 22.1 Å². The fourth-order valence-corrected chi connectivity index (χ4v) is 3.53. The van der Waals surface area contributed by atoms with Gasteiger partial charge in [-0.1, -0.05) is 29.3 Å². The minimum atomic E-state index is -3.57. The van der Waals surface area contributed by atoms with E-state index in [1.807, 2.05) is 0 Å². The van der Waals surface area contributed by atoms with Crippen LogP contribution in [0.15, 0.2) is 36.9 Å². The minimum absolute atomic E-state index is 0.143. The lowest BCUT2D eigenvalue weighted by Gasteiger charge is -2.29. The molecule has 1 aliphatic heterocycles. The van der Waals surface area contributed by atoms with Crippen LogP contribution >= 0.6 is 23.2 Å². The van der Waals surface area contributed by atoms with Crippen molar-refractivity contribution in [3.8, 4) is 0 Å². The van der Waals surface area contributed by atoms with Crippen molar-refractivity contribution in [2.45, 2.75) is 18.4 Å². The van der Waals surface area contributed by atoms with Crippen molar-refractivity contribution >= 4 is 33.3 Å². The summed E-state index contributed by atoms with van der Waals surface area (Å²) in [6.45, 7) is 0.294. The molecule has 0 N–H and O–H groups in total. The van der Waals surface area contributed by atoms with Crippen LogP contribution in [-0.2, 0) is 36.1 Å². The number of benzene rings is 1. The number of rotatable bonds is 6. The summed E-state index contributed by atoms with van der Waals surface area (Å²) < 4.78 is 41.0. The van der Waals surface area contributed by atoms with E-state index in [4.69, 9.17) is 36.9 Å². The number of hydrogen-bond donors (Lipinski definition) is 0. The first-order valence-electron chi connectivity index (χ1n) is 7.35. The fourth-order valence-electron chi connectivity index (χ4n) is 2.57. The molecule has 1 fully saturated rings. The van der Waals surface area contributed by atoms with Gasteiger partial charge in [0.25, 0.3) is 10.1 Å². The molecule has 2 atom stereocenters. The van der Waals surface area contributed by atoms with E-state index >= 15 is 0 Å². The van der Waals surface area contributed by atoms with Gasteiger partial charge >= 0.3 is 0 Å². The average Bonchev–Trinajstić information content (AvgIpc) is 3.15. The summed E-state index contributed by atoms with van der Waals surface area (Å²) in [5, 5.41) is 0.874. The zero-order valence-electron chi connectivity index (χ0n) is 13.3. The van der Waals surface area contributed by atoms with E-state index < -0.39 is 22.0 Å². The van der Waals surface area contributed by atoms with Gasteiger partial charge in [0, 0.05) is 23.0 Å². The van der Waals surface area contributed by atoms with Crippen LogP contribution in [0.1, 0.15) is 5.56 Å². The first-order valence-corrected chi connectivity index (χ1v) is 9.92. The van der Waals surface area contributed by atoms with Gasteiger partial charge in [-0.25, -0.2) is 4.98 Å². The number of imidazole rings is 1. The van der Waals surface area contributed by atoms with E-state index in [0.29, 0.717) is 15.6 Å². The van der Waals surface area contributed by atoms with Crippen LogP contribution in [0.25, 0.3) is 0 Å². The third-order valence-electron chi connectivity index (χ3n) is 3.62. The fraction of sp³-hybridized carbons (Fsp3) is 0.400. The topological polar surface area (TPSA) is 79.7 Å². The third-order valence-corrected chi connectivity index (χ3v) is 4.73. The van der Waals surface area contributed by atoms with Gasteiger partial charge in [-0.05, 0) is 12.1 Å². The van der Waals surface area contributed by atoms with E-state index in [2.05, 4.69) is 4.98 Å². The summed E-state index contributed by atoms with van der Waals surface area (Å²) in [6, 6.07) is 5.01. The Morgan fingerprint density at radius 3 is 2.88 bits per heavy atom. The Hall–Kier alpha value is -1.16. The number of nitrogens with zero attached hydrogens (tertiary/aromatic N) is 2. The number of halogens is 2. The van der Waals surface area contributed by atoms with Gasteiger partial charge < -0.3 is 14.0 Å². The summed E-state index contributed by atoms with van der Waals surface area (Å²) in [4.78, 5) is 4.01. The van der Waals surface area contributed by atoms with Gasteiger partial charge in [0.1, 0.15) is 6.10 Å². The van der Waals surface area contributed by atoms with Crippen LogP contribution in [0.3, 0.4) is 0 Å². The van der Waals surface area contributed by atoms with E-state index in [0.717, 1.165) is 6.26 Å². The molecule has 0 bridgehead atoms. The Balaban J connectivity index is 1.88. The highest BCUT2D eigenvalue weighted by molar-refractivity contribution is 7.85. The molecular formula is C15H16Cl2N2O5S. The van der Waals surface area contributed by atoms with Crippen molar-refractivity contribution in [1.29, 1.82) is 0 Å². The van der Waals surface area contributed by atoms with Crippen molar-refractivity contribution in [2.24, 2.45) is 0 Å². The van der Waals surface area contributed by atoms with Crippen LogP contribution in [0, 0.1) is 0 Å². The minimum Gasteiger partial charge on any atom is -0.342 e. The van der Waals surface area contributed by atoms with E-state index in [-0.39, 0.29) is 19.8 Å². The first kappa shape index (κ1) is 18.6. The number of ether oxygens (including phenoxy) is 2. The first-order chi connectivity index (χ1) is 11.8. The molecule has 1 aromatic heterocycles. The van der Waals surface area contributed by atoms with Crippen LogP contribution in [-0.4, -0.2) is 43.5 Å². The van der Waals surface area contributed by atoms with Crippen LogP contribution in [0.4, 0.5) is 0 Å². The highest BCUT2D eigenvalue weighted by atomic mass is 35.5. The summed E-state index contributed by atoms with van der Waals surface area (Å²) in [7, 11) is -3.57. The van der Waals surface area contributed by atoms with Gasteiger partial charge in [-0.15, -0.1) is 0 Å². The maximum absolute atomic E-state index is 11.2. The molecule has 0 aliphatic carbocycles. The standard InChI is InChI=1S/C15H16Cl2N2O5S/c1-25(20,21)23-8-12-7-22-15(24-12,9-19-5-4-18-10-19)13-3-2-11(16)6-14(13)17/h2-6,10,12H,7-9H2,1H3/t12?,15-/m1/s1. The molecule has 25 heavy (non-hydrogen) atoms. The molecule has 2 aromatic rings. The number of aromatic nitrogens is 2. The summed E-state index contributed by atoms with van der Waals surface area (Å²) in [6.07, 6.45) is 5.44. The molecule has 3 rings (SSSR count). The quantitative estimate of drug-likeness (QED) is 0.685. The van der Waals surface area contributed by atoms with Crippen LogP contribution < -0.4 is 0 Å². The maximum Gasteiger partial charge on any atom is 0.264 e. The van der Waals surface area contributed by atoms with Gasteiger partial charge in [-0.2, -0.15) is 8.42 Å². The highest BCUT2D eigenvalue weighted by Gasteiger charge is 2.45. The van der Waals surface area contributed by atoms with E-state index in [9.17, 15) is 8.42 Å². The summed E-state index contributed by atoms with van der Waals surface area (Å²) >= 11 is 12.3. The molecule has 7 nitrogen and oxygen atoms in total. The zero-order valence-corrected chi connectivity index (χ0v) is 15.6. The molecule has 0 radical (unpaired) electrons. The number of hydrogen-bond acceptors (Lipinski definition) is 6. The van der Waals surface area contributed by atoms with Gasteiger partial charge in [0.05, 0.1) is 37.4 Å². The molecule has 0 amide bonds. The van der Waals surface area contributed by atoms with E-state index in [1.54, 1.807) is 41.5 Å². The molecule has 1 unspecified atom stereocenters. The van der Waals surface area contributed by atoms with Crippen molar-refractivity contribution in [3.63, 3.8) is 0 Å². The maximum atomic E-state index is 11.2. The zero-order chi connectivity index (χ0) is 18.1. The highest BCUT2D eigenvalue weighted by Crippen LogP contribution is 2.40. The summed E-state index contributed by atoms with van der Waals surface area (Å²) in [5.74, 6) is -1.20. The lowest BCUT2D eigenvalue weighted by atomic mass is 10.1. The Morgan fingerprint density at radius 1 is 1.44 bits per heavy atom. The molecule has 1 aromatic carbocycles. The summed E-state index contributed by atoms with van der Waals surface area (Å²) in [5.41, 5.74) is 0.592. The Kier molecular flexibility index (Phi) is 5.38. The van der Waals surface area contributed by atoms with Gasteiger partial charge in [0.2, 0.25) is 5.79 Å². The average molecular weight is 407 g/mol. The molecule has 1 saturated heterocycles. The normalized spacial score (nSPS) is 23.9. The predicted molar refractivity (Wildman–Crippen MR) is 92.0 cm³/mol. The monoisotopic (exact) mass is 406 g/mol. The largest absolute Gasteiger partial charge is 0.342 e. The van der Waals surface area contributed by atoms with Crippen molar-refractivity contribution in [2.75, 3.05) is 19.5 Å². The second-order valence-corrected chi connectivity index (χ2v) is 8.14. The predicted octanol–water partition coefficient (Wildman–Crippen LogP) is 2.43. The molecular weight excluding hydrogens is 391 g/mol. The Labute approximate surface area is 155 Å². The lowest BCUT2D eigenvalue weighted by molar-refractivity contribution is -0.189. The Bertz CT molecular complexity index is 844. The Morgan fingerprint density at radius 2 is 2.24 bits per heavy atom. The third kappa shape index (κ3) is 4.52. The van der Waals surface area contributed by atoms with Crippen LogP contribution in [0.2, 0.25) is 10.0 Å². The van der Waals surface area contributed by atoms with Gasteiger partial charge in [0.15, 0.2) is 0 Å². The molecule has 10 heteroatoms. The molecule has 1 aliphatic rings. The second kappa shape index (κ2) is 7.22. The molecule has 2 heterocycles. The van der Waals surface area contributed by atoms with Gasteiger partial charge in [-0.3, -0.25) is 4.18 Å². The molecule has 136 valence electrons. The lowest BCUT2D eigenvalue weighted by Crippen LogP contribution is -2.34. The van der Waals surface area contributed by atoms with Crippen molar-refractivity contribution in [1.82, 2.24) is 9.55 Å². The smallest absolute Gasteiger partial charge is 0.264 e.